The lowest BCUT2D eigenvalue weighted by atomic mass is 9.95. The summed E-state index contributed by atoms with van der Waals surface area (Å²) in [6.45, 7) is 2.33. The molecule has 1 heterocycles. The average molecular weight is 470 g/mol. The number of nitrogens with zero attached hydrogens (tertiary/aromatic N) is 2. The molecule has 0 radical (unpaired) electrons. The summed E-state index contributed by atoms with van der Waals surface area (Å²) in [5.41, 5.74) is 1.42. The maximum absolute atomic E-state index is 13.2. The first kappa shape index (κ1) is 23.4. The third kappa shape index (κ3) is 4.81. The Bertz CT molecular complexity index is 1310. The first-order valence-electron chi connectivity index (χ1n) is 10.9. The van der Waals surface area contributed by atoms with Crippen molar-refractivity contribution in [2.45, 2.75) is 13.0 Å². The van der Waals surface area contributed by atoms with Crippen LogP contribution in [0.15, 0.2) is 96.3 Å². The van der Waals surface area contributed by atoms with E-state index in [1.165, 1.54) is 35.2 Å². The van der Waals surface area contributed by atoms with Crippen molar-refractivity contribution in [1.29, 1.82) is 0 Å². The highest BCUT2D eigenvalue weighted by atomic mass is 16.6. The zero-order valence-electron chi connectivity index (χ0n) is 18.8. The molecule has 0 unspecified atom stereocenters. The lowest BCUT2D eigenvalue weighted by Gasteiger charge is -2.26. The summed E-state index contributed by atoms with van der Waals surface area (Å²) in [6, 6.07) is 20.4. The number of aliphatic hydroxyl groups excluding tert-OH is 1. The van der Waals surface area contributed by atoms with Crippen molar-refractivity contribution in [1.82, 2.24) is 0 Å². The van der Waals surface area contributed by atoms with Gasteiger partial charge in [0.15, 0.2) is 11.5 Å². The number of hydrogen-bond acceptors (Lipinski definition) is 6. The Kier molecular flexibility index (Phi) is 6.73. The van der Waals surface area contributed by atoms with Gasteiger partial charge in [0, 0.05) is 17.8 Å². The fraction of sp³-hybridized carbons (Fsp3) is 0.111. The number of carbonyl (C=O) groups excluding carboxylic acids is 2. The fourth-order valence-corrected chi connectivity index (χ4v) is 3.91. The Hall–Kier alpha value is -4.72. The largest absolute Gasteiger partial charge is 0.503 e. The molecule has 0 spiro atoms. The number of hydrogen-bond donors (Lipinski definition) is 1. The van der Waals surface area contributed by atoms with Gasteiger partial charge in [-0.05, 0) is 60.5 Å². The second-order valence-electron chi connectivity index (χ2n) is 7.72. The molecule has 1 aliphatic rings. The average Bonchev–Trinajstić information content (AvgIpc) is 3.14. The van der Waals surface area contributed by atoms with Crippen LogP contribution in [0, 0.1) is 10.1 Å². The summed E-state index contributed by atoms with van der Waals surface area (Å²) >= 11 is 0. The van der Waals surface area contributed by atoms with Crippen LogP contribution in [0.2, 0.25) is 0 Å². The van der Waals surface area contributed by atoms with Crippen LogP contribution < -0.4 is 9.64 Å². The van der Waals surface area contributed by atoms with Crippen molar-refractivity contribution in [2.24, 2.45) is 0 Å². The minimum atomic E-state index is -0.978. The Morgan fingerprint density at radius 2 is 1.71 bits per heavy atom. The quantitative estimate of drug-likeness (QED) is 0.276. The molecule has 8 nitrogen and oxygen atoms in total. The third-order valence-corrected chi connectivity index (χ3v) is 5.55. The van der Waals surface area contributed by atoms with Crippen molar-refractivity contribution < 1.29 is 24.4 Å². The van der Waals surface area contributed by atoms with E-state index >= 15 is 0 Å². The van der Waals surface area contributed by atoms with Gasteiger partial charge in [0.25, 0.3) is 11.6 Å². The molecule has 176 valence electrons. The molecule has 0 fully saturated rings. The Labute approximate surface area is 201 Å². The van der Waals surface area contributed by atoms with Crippen LogP contribution in [0.4, 0.5) is 11.4 Å². The van der Waals surface area contributed by atoms with Gasteiger partial charge in [-0.2, -0.15) is 0 Å². The number of nitro benzene ring substituents is 1. The molecule has 0 saturated carbocycles. The van der Waals surface area contributed by atoms with E-state index in [1.54, 1.807) is 30.3 Å². The lowest BCUT2D eigenvalue weighted by Crippen LogP contribution is -2.30. The van der Waals surface area contributed by atoms with Gasteiger partial charge in [-0.25, -0.2) is 0 Å². The van der Waals surface area contributed by atoms with E-state index < -0.39 is 28.4 Å². The maximum atomic E-state index is 13.2. The predicted octanol–water partition coefficient (Wildman–Crippen LogP) is 5.18. The number of nitro groups is 1. The molecule has 3 aromatic rings. The number of rotatable bonds is 8. The van der Waals surface area contributed by atoms with Gasteiger partial charge >= 0.3 is 0 Å². The van der Waals surface area contributed by atoms with Crippen LogP contribution in [-0.4, -0.2) is 28.3 Å². The SMILES string of the molecule is CCOc1ccc(N2C(=O)C(O)=C(C(=O)/C=C/c3ccccc3)[C@H]2c2ccc([N+](=O)[O-])cc2)cc1. The zero-order chi connectivity index (χ0) is 24.9. The standard InChI is InChI=1S/C27H22N2O6/c1-2-35-22-15-13-20(14-16-22)28-25(19-9-11-21(12-10-19)29(33)34)24(26(31)27(28)32)23(30)17-8-18-6-4-3-5-7-18/h3-17,25,31H,2H2,1H3/b17-8+/t25-/m1/s1. The van der Waals surface area contributed by atoms with Crippen LogP contribution in [0.3, 0.4) is 0 Å². The Balaban J connectivity index is 1.77. The molecular formula is C27H22N2O6. The summed E-state index contributed by atoms with van der Waals surface area (Å²) in [5, 5.41) is 21.9. The molecule has 0 saturated heterocycles. The van der Waals surface area contributed by atoms with Crippen LogP contribution in [0.25, 0.3) is 6.08 Å². The summed E-state index contributed by atoms with van der Waals surface area (Å²) < 4.78 is 5.46. The van der Waals surface area contributed by atoms with Gasteiger partial charge in [0.2, 0.25) is 0 Å². The summed E-state index contributed by atoms with van der Waals surface area (Å²) in [7, 11) is 0. The van der Waals surface area contributed by atoms with E-state index in [0.29, 0.717) is 23.6 Å². The molecule has 8 heteroatoms. The van der Waals surface area contributed by atoms with Gasteiger partial charge in [-0.1, -0.05) is 36.4 Å². The molecule has 1 aliphatic heterocycles. The number of benzene rings is 3. The zero-order valence-corrected chi connectivity index (χ0v) is 18.8. The molecule has 0 aromatic heterocycles. The summed E-state index contributed by atoms with van der Waals surface area (Å²) in [6.07, 6.45) is 2.90. The fourth-order valence-electron chi connectivity index (χ4n) is 3.91. The smallest absolute Gasteiger partial charge is 0.294 e. The first-order valence-corrected chi connectivity index (χ1v) is 10.9. The van der Waals surface area contributed by atoms with Crippen molar-refractivity contribution in [3.63, 3.8) is 0 Å². The third-order valence-electron chi connectivity index (χ3n) is 5.55. The Morgan fingerprint density at radius 1 is 1.06 bits per heavy atom. The van der Waals surface area contributed by atoms with Gasteiger partial charge in [-0.3, -0.25) is 24.6 Å². The number of anilines is 1. The van der Waals surface area contributed by atoms with Crippen molar-refractivity contribution >= 4 is 29.1 Å². The molecular weight excluding hydrogens is 448 g/mol. The normalized spacial score (nSPS) is 15.6. The minimum absolute atomic E-state index is 0.107. The van der Waals surface area contributed by atoms with E-state index in [4.69, 9.17) is 4.74 Å². The maximum Gasteiger partial charge on any atom is 0.294 e. The molecule has 0 aliphatic carbocycles. The van der Waals surface area contributed by atoms with Crippen LogP contribution in [0.1, 0.15) is 24.1 Å². The number of aliphatic hydroxyl groups is 1. The van der Waals surface area contributed by atoms with Crippen molar-refractivity contribution in [2.75, 3.05) is 11.5 Å². The van der Waals surface area contributed by atoms with E-state index in [1.807, 2.05) is 37.3 Å². The molecule has 0 bridgehead atoms. The number of non-ortho nitro benzene ring substituents is 1. The molecule has 4 rings (SSSR count). The van der Waals surface area contributed by atoms with E-state index in [0.717, 1.165) is 5.56 Å². The number of ketones is 1. The van der Waals surface area contributed by atoms with Gasteiger partial charge in [0.1, 0.15) is 5.75 Å². The molecule has 1 atom stereocenters. The molecule has 35 heavy (non-hydrogen) atoms. The topological polar surface area (TPSA) is 110 Å². The number of amides is 1. The Morgan fingerprint density at radius 3 is 2.31 bits per heavy atom. The molecule has 1 N–H and O–H groups in total. The molecule has 3 aromatic carbocycles. The summed E-state index contributed by atoms with van der Waals surface area (Å²) in [5.74, 6) is -1.34. The first-order chi connectivity index (χ1) is 16.9. The number of allylic oxidation sites excluding steroid dienone is 1. The van der Waals surface area contributed by atoms with E-state index in [2.05, 4.69) is 0 Å². The highest BCUT2D eigenvalue weighted by molar-refractivity contribution is 6.19. The second-order valence-corrected chi connectivity index (χ2v) is 7.72. The van der Waals surface area contributed by atoms with Gasteiger partial charge in [0.05, 0.1) is 23.1 Å². The van der Waals surface area contributed by atoms with Crippen LogP contribution in [-0.2, 0) is 9.59 Å². The lowest BCUT2D eigenvalue weighted by molar-refractivity contribution is -0.384. The molecule has 1 amide bonds. The van der Waals surface area contributed by atoms with Crippen LogP contribution >= 0.6 is 0 Å². The van der Waals surface area contributed by atoms with Gasteiger partial charge < -0.3 is 9.84 Å². The number of ether oxygens (including phenoxy) is 1. The monoisotopic (exact) mass is 470 g/mol. The highest BCUT2D eigenvalue weighted by Crippen LogP contribution is 2.41. The summed E-state index contributed by atoms with van der Waals surface area (Å²) in [4.78, 5) is 38.3. The van der Waals surface area contributed by atoms with Crippen LogP contribution in [0.5, 0.6) is 5.75 Å². The second kappa shape index (κ2) is 10.0. The van der Waals surface area contributed by atoms with Crippen molar-refractivity contribution in [3.8, 4) is 5.75 Å². The van der Waals surface area contributed by atoms with E-state index in [9.17, 15) is 24.8 Å². The number of carbonyl (C=O) groups is 2. The predicted molar refractivity (Wildman–Crippen MR) is 131 cm³/mol. The van der Waals surface area contributed by atoms with Crippen molar-refractivity contribution in [3.05, 3.63) is 118 Å². The minimum Gasteiger partial charge on any atom is -0.503 e. The highest BCUT2D eigenvalue weighted by Gasteiger charge is 2.43. The van der Waals surface area contributed by atoms with E-state index in [-0.39, 0.29) is 11.3 Å². The van der Waals surface area contributed by atoms with Gasteiger partial charge in [-0.15, -0.1) is 0 Å².